The molecular formula is C13H15N2S+. The Hall–Kier alpha value is -1.35. The van der Waals surface area contributed by atoms with E-state index >= 15 is 0 Å². The molecule has 2 nitrogen and oxygen atoms in total. The van der Waals surface area contributed by atoms with Crippen molar-refractivity contribution in [2.24, 2.45) is 7.05 Å². The zero-order chi connectivity index (χ0) is 11.3. The molecule has 0 aliphatic heterocycles. The van der Waals surface area contributed by atoms with Crippen LogP contribution in [0.15, 0.2) is 23.7 Å². The summed E-state index contributed by atoms with van der Waals surface area (Å²) in [4.78, 5) is 0. The normalized spacial score (nSPS) is 11.7. The molecule has 0 bridgehead atoms. The highest BCUT2D eigenvalue weighted by atomic mass is 32.1. The summed E-state index contributed by atoms with van der Waals surface area (Å²) in [6, 6.07) is 4.43. The standard InChI is InChI=1S/C13H15N2S/c1-4-12-14(3)7-10-5-6-11-13(15(10)12)9(2)8-16-11/h5-8H,4H2,1-3H3/q+1. The highest BCUT2D eigenvalue weighted by Gasteiger charge is 2.18. The first kappa shape index (κ1) is 9.85. The molecule has 0 saturated carbocycles. The van der Waals surface area contributed by atoms with Crippen LogP contribution in [-0.4, -0.2) is 4.40 Å². The Balaban J connectivity index is 2.61. The molecule has 0 saturated heterocycles. The second-order valence-electron chi connectivity index (χ2n) is 4.23. The van der Waals surface area contributed by atoms with Gasteiger partial charge in [-0.15, -0.1) is 11.3 Å². The fourth-order valence-corrected chi connectivity index (χ4v) is 3.37. The highest BCUT2D eigenvalue weighted by molar-refractivity contribution is 7.17. The number of fused-ring (bicyclic) bond motifs is 3. The first-order chi connectivity index (χ1) is 7.72. The zero-order valence-corrected chi connectivity index (χ0v) is 10.6. The van der Waals surface area contributed by atoms with Gasteiger partial charge in [0.2, 0.25) is 0 Å². The summed E-state index contributed by atoms with van der Waals surface area (Å²) in [6.45, 7) is 4.40. The Morgan fingerprint density at radius 2 is 2.19 bits per heavy atom. The Kier molecular flexibility index (Phi) is 2.04. The number of imidazole rings is 1. The van der Waals surface area contributed by atoms with Crippen LogP contribution in [-0.2, 0) is 13.5 Å². The van der Waals surface area contributed by atoms with Gasteiger partial charge in [-0.25, -0.2) is 4.57 Å². The van der Waals surface area contributed by atoms with Crippen LogP contribution < -0.4 is 4.57 Å². The lowest BCUT2D eigenvalue weighted by Crippen LogP contribution is -2.30. The van der Waals surface area contributed by atoms with E-state index in [0.717, 1.165) is 6.42 Å². The molecule has 0 spiro atoms. The van der Waals surface area contributed by atoms with Gasteiger partial charge in [0.25, 0.3) is 5.82 Å². The molecule has 3 aromatic heterocycles. The molecule has 0 aliphatic carbocycles. The van der Waals surface area contributed by atoms with Crippen LogP contribution in [0.5, 0.6) is 0 Å². The van der Waals surface area contributed by atoms with Gasteiger partial charge in [0, 0.05) is 12.0 Å². The van der Waals surface area contributed by atoms with E-state index in [1.807, 2.05) is 11.3 Å². The Morgan fingerprint density at radius 1 is 1.38 bits per heavy atom. The third kappa shape index (κ3) is 1.15. The SMILES string of the molecule is CCc1n2c(ccc3scc(C)c32)c[n+]1C. The lowest BCUT2D eigenvalue weighted by molar-refractivity contribution is -0.677. The number of aromatic nitrogens is 2. The predicted octanol–water partition coefficient (Wildman–Crippen LogP) is 2.85. The minimum absolute atomic E-state index is 1.05. The predicted molar refractivity (Wildman–Crippen MR) is 68.1 cm³/mol. The molecule has 0 radical (unpaired) electrons. The van der Waals surface area contributed by atoms with Crippen LogP contribution in [0.4, 0.5) is 0 Å². The molecule has 0 unspecified atom stereocenters. The summed E-state index contributed by atoms with van der Waals surface area (Å²) >= 11 is 1.83. The molecule has 0 amide bonds. The summed E-state index contributed by atoms with van der Waals surface area (Å²) in [7, 11) is 2.12. The van der Waals surface area contributed by atoms with Crippen LogP contribution in [0, 0.1) is 6.92 Å². The first-order valence-electron chi connectivity index (χ1n) is 5.59. The topological polar surface area (TPSA) is 8.29 Å². The van der Waals surface area contributed by atoms with Crippen molar-refractivity contribution in [3.05, 3.63) is 35.1 Å². The number of hydrogen-bond donors (Lipinski definition) is 0. The van der Waals surface area contributed by atoms with E-state index in [0.29, 0.717) is 0 Å². The lowest BCUT2D eigenvalue weighted by Gasteiger charge is -1.96. The Labute approximate surface area is 98.8 Å². The van der Waals surface area contributed by atoms with E-state index in [1.54, 1.807) is 0 Å². The van der Waals surface area contributed by atoms with Crippen molar-refractivity contribution in [2.45, 2.75) is 20.3 Å². The Bertz CT molecular complexity index is 676. The summed E-state index contributed by atoms with van der Waals surface area (Å²) in [5.74, 6) is 1.36. The van der Waals surface area contributed by atoms with Crippen molar-refractivity contribution in [3.63, 3.8) is 0 Å². The number of hydrogen-bond acceptors (Lipinski definition) is 1. The fourth-order valence-electron chi connectivity index (χ4n) is 2.44. The summed E-state index contributed by atoms with van der Waals surface area (Å²) in [6.07, 6.45) is 3.26. The van der Waals surface area contributed by atoms with Crippen LogP contribution in [0.25, 0.3) is 15.7 Å². The maximum Gasteiger partial charge on any atom is 0.261 e. The van der Waals surface area contributed by atoms with Gasteiger partial charge in [0.1, 0.15) is 6.20 Å². The van der Waals surface area contributed by atoms with Crippen molar-refractivity contribution < 1.29 is 4.57 Å². The molecule has 0 aromatic carbocycles. The quantitative estimate of drug-likeness (QED) is 0.569. The van der Waals surface area contributed by atoms with Gasteiger partial charge in [-0.2, -0.15) is 4.40 Å². The highest BCUT2D eigenvalue weighted by Crippen LogP contribution is 2.27. The van der Waals surface area contributed by atoms with E-state index in [4.69, 9.17) is 0 Å². The first-order valence-corrected chi connectivity index (χ1v) is 6.47. The van der Waals surface area contributed by atoms with Gasteiger partial charge < -0.3 is 0 Å². The average molecular weight is 231 g/mol. The molecule has 0 atom stereocenters. The largest absolute Gasteiger partial charge is 0.261 e. The van der Waals surface area contributed by atoms with Crippen LogP contribution in [0.2, 0.25) is 0 Å². The van der Waals surface area contributed by atoms with E-state index in [9.17, 15) is 0 Å². The molecule has 0 N–H and O–H groups in total. The molecule has 0 fully saturated rings. The molecule has 16 heavy (non-hydrogen) atoms. The van der Waals surface area contributed by atoms with Crippen LogP contribution in [0.3, 0.4) is 0 Å². The molecule has 82 valence electrons. The number of aryl methyl sites for hydroxylation is 3. The van der Waals surface area contributed by atoms with Crippen LogP contribution >= 0.6 is 11.3 Å². The Morgan fingerprint density at radius 3 is 2.94 bits per heavy atom. The van der Waals surface area contributed by atoms with E-state index in [-0.39, 0.29) is 0 Å². The molecule has 3 heterocycles. The van der Waals surface area contributed by atoms with E-state index in [1.165, 1.54) is 27.1 Å². The monoisotopic (exact) mass is 231 g/mol. The molecule has 3 heteroatoms. The molecule has 3 aromatic rings. The summed E-state index contributed by atoms with van der Waals surface area (Å²) in [5, 5.41) is 2.24. The minimum Gasteiger partial charge on any atom is -0.236 e. The lowest BCUT2D eigenvalue weighted by atomic mass is 10.2. The van der Waals surface area contributed by atoms with Crippen LogP contribution in [0.1, 0.15) is 18.3 Å². The maximum atomic E-state index is 2.39. The summed E-state index contributed by atoms with van der Waals surface area (Å²) in [5.41, 5.74) is 4.03. The second-order valence-corrected chi connectivity index (χ2v) is 5.15. The number of thiophene rings is 1. The second kappa shape index (κ2) is 3.32. The number of nitrogens with zero attached hydrogens (tertiary/aromatic N) is 2. The zero-order valence-electron chi connectivity index (χ0n) is 9.82. The van der Waals surface area contributed by atoms with Gasteiger partial charge in [0.15, 0.2) is 11.0 Å². The van der Waals surface area contributed by atoms with Gasteiger partial charge in [-0.3, -0.25) is 0 Å². The fraction of sp³-hybridized carbons (Fsp3) is 0.308. The maximum absolute atomic E-state index is 2.39. The smallest absolute Gasteiger partial charge is 0.236 e. The van der Waals surface area contributed by atoms with E-state index < -0.39 is 0 Å². The minimum atomic E-state index is 1.05. The number of rotatable bonds is 1. The molecule has 0 aliphatic rings. The van der Waals surface area contributed by atoms with Crippen molar-refractivity contribution in [2.75, 3.05) is 0 Å². The van der Waals surface area contributed by atoms with E-state index in [2.05, 4.69) is 53.6 Å². The van der Waals surface area contributed by atoms with Gasteiger partial charge in [0.05, 0.1) is 11.7 Å². The van der Waals surface area contributed by atoms with Crippen molar-refractivity contribution in [1.82, 2.24) is 4.40 Å². The third-order valence-electron chi connectivity index (χ3n) is 3.16. The average Bonchev–Trinajstić information content (AvgIpc) is 2.78. The van der Waals surface area contributed by atoms with Crippen molar-refractivity contribution >= 4 is 27.1 Å². The van der Waals surface area contributed by atoms with Gasteiger partial charge in [-0.05, 0) is 24.4 Å². The van der Waals surface area contributed by atoms with Crippen molar-refractivity contribution in [3.8, 4) is 0 Å². The molecular weight excluding hydrogens is 216 g/mol. The van der Waals surface area contributed by atoms with Crippen molar-refractivity contribution in [1.29, 1.82) is 0 Å². The summed E-state index contributed by atoms with van der Waals surface area (Å²) < 4.78 is 5.99. The van der Waals surface area contributed by atoms with Gasteiger partial charge in [-0.1, -0.05) is 6.92 Å². The molecule has 3 rings (SSSR count). The number of pyridine rings is 1. The van der Waals surface area contributed by atoms with Gasteiger partial charge >= 0.3 is 0 Å². The third-order valence-corrected chi connectivity index (χ3v) is 4.22.